The van der Waals surface area contributed by atoms with Crippen LogP contribution >= 0.6 is 0 Å². The van der Waals surface area contributed by atoms with Crippen molar-refractivity contribution in [3.05, 3.63) is 35.4 Å². The first kappa shape index (κ1) is 10.1. The van der Waals surface area contributed by atoms with Crippen molar-refractivity contribution < 1.29 is 17.9 Å². The first-order valence-corrected chi connectivity index (χ1v) is 4.58. The quantitative estimate of drug-likeness (QED) is 0.728. The van der Waals surface area contributed by atoms with E-state index in [2.05, 4.69) is 4.74 Å². The van der Waals surface area contributed by atoms with E-state index in [1.54, 1.807) is 12.1 Å². The van der Waals surface area contributed by atoms with Crippen LogP contribution in [0.15, 0.2) is 29.8 Å². The molecule has 1 aliphatic rings. The molecule has 2 rings (SSSR count). The van der Waals surface area contributed by atoms with Crippen molar-refractivity contribution in [2.45, 2.75) is 19.2 Å². The summed E-state index contributed by atoms with van der Waals surface area (Å²) < 4.78 is 39.2. The Bertz CT molecular complexity index is 370. The highest BCUT2D eigenvalue weighted by Gasteiger charge is 2.30. The van der Waals surface area contributed by atoms with E-state index in [1.807, 2.05) is 6.08 Å². The number of halogens is 3. The predicted molar refractivity (Wildman–Crippen MR) is 50.3 cm³/mol. The summed E-state index contributed by atoms with van der Waals surface area (Å²) >= 11 is 0. The molecule has 0 aliphatic heterocycles. The van der Waals surface area contributed by atoms with E-state index in [-0.39, 0.29) is 5.75 Å². The van der Waals surface area contributed by atoms with Crippen LogP contribution in [0, 0.1) is 0 Å². The average molecular weight is 214 g/mol. The minimum Gasteiger partial charge on any atom is -0.406 e. The number of alkyl halides is 3. The van der Waals surface area contributed by atoms with Crippen molar-refractivity contribution in [3.63, 3.8) is 0 Å². The molecule has 0 saturated heterocycles. The van der Waals surface area contributed by atoms with Crippen molar-refractivity contribution in [1.29, 1.82) is 0 Å². The maximum Gasteiger partial charge on any atom is 0.573 e. The van der Waals surface area contributed by atoms with Crippen LogP contribution in [0.2, 0.25) is 0 Å². The van der Waals surface area contributed by atoms with E-state index >= 15 is 0 Å². The van der Waals surface area contributed by atoms with Gasteiger partial charge in [-0.2, -0.15) is 0 Å². The van der Waals surface area contributed by atoms with Crippen LogP contribution in [0.1, 0.15) is 18.4 Å². The van der Waals surface area contributed by atoms with Crippen LogP contribution in [0.3, 0.4) is 0 Å². The maximum absolute atomic E-state index is 11.8. The molecule has 1 fully saturated rings. The van der Waals surface area contributed by atoms with Crippen LogP contribution in [-0.2, 0) is 0 Å². The standard InChI is InChI=1S/C11H9F3O/c12-11(13,14)15-10-5-3-9(4-6-10)7-8-1-2-8/h3-7H,1-2H2. The Morgan fingerprint density at radius 2 is 1.67 bits per heavy atom. The summed E-state index contributed by atoms with van der Waals surface area (Å²) in [5.74, 6) is -0.180. The SMILES string of the molecule is FC(F)(F)Oc1ccc(C=C2CC2)cc1. The van der Waals surface area contributed by atoms with Gasteiger partial charge in [-0.15, -0.1) is 13.2 Å². The molecule has 80 valence electrons. The van der Waals surface area contributed by atoms with Gasteiger partial charge in [0, 0.05) is 0 Å². The minimum atomic E-state index is -4.61. The maximum atomic E-state index is 11.8. The Labute approximate surface area is 85.2 Å². The van der Waals surface area contributed by atoms with Crippen molar-refractivity contribution in [1.82, 2.24) is 0 Å². The molecule has 0 N–H and O–H groups in total. The van der Waals surface area contributed by atoms with Crippen molar-refractivity contribution in [2.24, 2.45) is 0 Å². The van der Waals surface area contributed by atoms with Crippen molar-refractivity contribution in [2.75, 3.05) is 0 Å². The summed E-state index contributed by atoms with van der Waals surface area (Å²) in [4.78, 5) is 0. The van der Waals surface area contributed by atoms with Crippen LogP contribution < -0.4 is 4.74 Å². The fourth-order valence-corrected chi connectivity index (χ4v) is 1.22. The molecule has 1 saturated carbocycles. The van der Waals surface area contributed by atoms with Gasteiger partial charge in [-0.3, -0.25) is 0 Å². The molecule has 1 nitrogen and oxygen atoms in total. The lowest BCUT2D eigenvalue weighted by Gasteiger charge is -2.08. The van der Waals surface area contributed by atoms with Crippen LogP contribution in [-0.4, -0.2) is 6.36 Å². The molecular formula is C11H9F3O. The fraction of sp³-hybridized carbons (Fsp3) is 0.273. The van der Waals surface area contributed by atoms with Gasteiger partial charge in [0.05, 0.1) is 0 Å². The molecule has 0 aromatic heterocycles. The molecule has 1 aromatic carbocycles. The Kier molecular flexibility index (Phi) is 2.42. The Morgan fingerprint density at radius 3 is 2.13 bits per heavy atom. The number of ether oxygens (including phenoxy) is 1. The van der Waals surface area contributed by atoms with E-state index in [4.69, 9.17) is 0 Å². The second-order valence-corrected chi connectivity index (χ2v) is 3.42. The molecule has 4 heteroatoms. The minimum absolute atomic E-state index is 0.180. The normalized spacial score (nSPS) is 15.0. The van der Waals surface area contributed by atoms with Gasteiger partial charge in [0.15, 0.2) is 0 Å². The molecule has 0 spiro atoms. The second-order valence-electron chi connectivity index (χ2n) is 3.42. The van der Waals surface area contributed by atoms with Gasteiger partial charge < -0.3 is 4.74 Å². The van der Waals surface area contributed by atoms with Gasteiger partial charge in [-0.25, -0.2) is 0 Å². The topological polar surface area (TPSA) is 9.23 Å². The zero-order chi connectivity index (χ0) is 10.9. The molecule has 0 radical (unpaired) electrons. The molecule has 0 bridgehead atoms. The summed E-state index contributed by atoms with van der Waals surface area (Å²) in [5, 5.41) is 0. The van der Waals surface area contributed by atoms with E-state index in [1.165, 1.54) is 17.7 Å². The van der Waals surface area contributed by atoms with Gasteiger partial charge in [0.2, 0.25) is 0 Å². The lowest BCUT2D eigenvalue weighted by atomic mass is 10.2. The molecule has 15 heavy (non-hydrogen) atoms. The van der Waals surface area contributed by atoms with Crippen LogP contribution in [0.4, 0.5) is 13.2 Å². The highest BCUT2D eigenvalue weighted by atomic mass is 19.4. The number of hydrogen-bond donors (Lipinski definition) is 0. The summed E-state index contributed by atoms with van der Waals surface area (Å²) in [6, 6.07) is 5.88. The molecule has 1 aliphatic carbocycles. The average Bonchev–Trinajstić information content (AvgIpc) is 2.90. The molecular weight excluding hydrogens is 205 g/mol. The van der Waals surface area contributed by atoms with E-state index in [0.29, 0.717) is 0 Å². The van der Waals surface area contributed by atoms with Gasteiger partial charge in [-0.05, 0) is 30.5 Å². The highest BCUT2D eigenvalue weighted by Crippen LogP contribution is 2.30. The third-order valence-electron chi connectivity index (χ3n) is 2.02. The lowest BCUT2D eigenvalue weighted by molar-refractivity contribution is -0.274. The molecule has 0 amide bonds. The second kappa shape index (κ2) is 3.61. The van der Waals surface area contributed by atoms with Gasteiger partial charge in [0.1, 0.15) is 5.75 Å². The molecule has 0 unspecified atom stereocenters. The number of allylic oxidation sites excluding steroid dienone is 1. The molecule has 0 heterocycles. The van der Waals surface area contributed by atoms with Crippen LogP contribution in [0.25, 0.3) is 6.08 Å². The highest BCUT2D eigenvalue weighted by molar-refractivity contribution is 5.57. The predicted octanol–water partition coefficient (Wildman–Crippen LogP) is 3.76. The van der Waals surface area contributed by atoms with Gasteiger partial charge >= 0.3 is 6.36 Å². The summed E-state index contributed by atoms with van der Waals surface area (Å²) in [6.45, 7) is 0. The van der Waals surface area contributed by atoms with Gasteiger partial charge in [-0.1, -0.05) is 23.8 Å². The third-order valence-corrected chi connectivity index (χ3v) is 2.02. The van der Waals surface area contributed by atoms with E-state index in [0.717, 1.165) is 18.4 Å². The Balaban J connectivity index is 2.06. The lowest BCUT2D eigenvalue weighted by Crippen LogP contribution is -2.16. The zero-order valence-corrected chi connectivity index (χ0v) is 7.84. The monoisotopic (exact) mass is 214 g/mol. The third kappa shape index (κ3) is 3.31. The Hall–Kier alpha value is -1.45. The molecule has 1 aromatic rings. The number of rotatable bonds is 2. The van der Waals surface area contributed by atoms with E-state index in [9.17, 15) is 13.2 Å². The smallest absolute Gasteiger partial charge is 0.406 e. The van der Waals surface area contributed by atoms with E-state index < -0.39 is 6.36 Å². The van der Waals surface area contributed by atoms with Crippen molar-refractivity contribution >= 4 is 6.08 Å². The Morgan fingerprint density at radius 1 is 1.07 bits per heavy atom. The largest absolute Gasteiger partial charge is 0.573 e. The number of benzene rings is 1. The van der Waals surface area contributed by atoms with Gasteiger partial charge in [0.25, 0.3) is 0 Å². The summed E-state index contributed by atoms with van der Waals surface area (Å²) in [5.41, 5.74) is 2.25. The first-order chi connectivity index (χ1) is 7.03. The zero-order valence-electron chi connectivity index (χ0n) is 7.84. The number of hydrogen-bond acceptors (Lipinski definition) is 1. The first-order valence-electron chi connectivity index (χ1n) is 4.58. The molecule has 0 atom stereocenters. The van der Waals surface area contributed by atoms with Crippen LogP contribution in [0.5, 0.6) is 5.75 Å². The van der Waals surface area contributed by atoms with Crippen molar-refractivity contribution in [3.8, 4) is 5.75 Å². The summed E-state index contributed by atoms with van der Waals surface area (Å²) in [7, 11) is 0. The fourth-order valence-electron chi connectivity index (χ4n) is 1.22. The summed E-state index contributed by atoms with van der Waals surface area (Å²) in [6.07, 6.45) is -0.435.